The topological polar surface area (TPSA) is 64.1 Å². The van der Waals surface area contributed by atoms with Crippen LogP contribution in [-0.2, 0) is 0 Å². The Morgan fingerprint density at radius 2 is 2.17 bits per heavy atom. The summed E-state index contributed by atoms with van der Waals surface area (Å²) in [6.07, 6.45) is 0. The van der Waals surface area contributed by atoms with Crippen LogP contribution in [0.2, 0.25) is 5.02 Å². The van der Waals surface area contributed by atoms with E-state index in [2.05, 4.69) is 5.16 Å². The van der Waals surface area contributed by atoms with E-state index in [0.29, 0.717) is 10.7 Å². The molecule has 0 spiro atoms. The van der Waals surface area contributed by atoms with Gasteiger partial charge in [0.2, 0.25) is 0 Å². The third-order valence-corrected chi connectivity index (χ3v) is 1.63. The molecule has 1 aromatic rings. The molecule has 0 bridgehead atoms. The summed E-state index contributed by atoms with van der Waals surface area (Å²) in [7, 11) is 0. The van der Waals surface area contributed by atoms with Crippen LogP contribution in [-0.4, -0.2) is 16.4 Å². The highest BCUT2D eigenvalue weighted by Crippen LogP contribution is 2.10. The van der Waals surface area contributed by atoms with Crippen LogP contribution in [0.5, 0.6) is 0 Å². The number of halogens is 1. The number of oxime groups is 1. The molecule has 0 aliphatic carbocycles. The first kappa shape index (κ1) is 10.9. The first-order valence-electron chi connectivity index (χ1n) is 3.18. The van der Waals surface area contributed by atoms with Gasteiger partial charge in [0.15, 0.2) is 0 Å². The van der Waals surface area contributed by atoms with Gasteiger partial charge < -0.3 is 10.7 Å². The average Bonchev–Trinajstić information content (AvgIpc) is 2.03. The smallest absolute Gasteiger partial charge is 0.0837 e. The Labute approximate surface area is 75.6 Å². The van der Waals surface area contributed by atoms with Crippen molar-refractivity contribution in [2.45, 2.75) is 6.92 Å². The normalized spacial score (nSPS) is 10.7. The van der Waals surface area contributed by atoms with Crippen LogP contribution in [0.1, 0.15) is 12.5 Å². The van der Waals surface area contributed by atoms with E-state index >= 15 is 0 Å². The molecule has 0 radical (unpaired) electrons. The molecule has 12 heavy (non-hydrogen) atoms. The second kappa shape index (κ2) is 4.74. The molecule has 0 atom stereocenters. The fourth-order valence-electron chi connectivity index (χ4n) is 0.771. The fraction of sp³-hybridized carbons (Fsp3) is 0.125. The molecular weight excluding hydrogens is 178 g/mol. The summed E-state index contributed by atoms with van der Waals surface area (Å²) in [4.78, 5) is 0. The van der Waals surface area contributed by atoms with Gasteiger partial charge in [-0.3, -0.25) is 0 Å². The van der Waals surface area contributed by atoms with Crippen molar-refractivity contribution < 1.29 is 10.7 Å². The lowest BCUT2D eigenvalue weighted by Crippen LogP contribution is -1.92. The summed E-state index contributed by atoms with van der Waals surface area (Å²) in [6, 6.07) is 7.17. The van der Waals surface area contributed by atoms with Crippen molar-refractivity contribution in [1.29, 1.82) is 0 Å². The van der Waals surface area contributed by atoms with Gasteiger partial charge >= 0.3 is 0 Å². The number of hydrogen-bond acceptors (Lipinski definition) is 2. The minimum absolute atomic E-state index is 0. The Hall–Kier alpha value is -1.06. The van der Waals surface area contributed by atoms with Crippen LogP contribution in [0.15, 0.2) is 29.4 Å². The van der Waals surface area contributed by atoms with Crippen molar-refractivity contribution in [3.05, 3.63) is 34.9 Å². The predicted molar refractivity (Wildman–Crippen MR) is 49.1 cm³/mol. The molecule has 0 heterocycles. The first-order valence-corrected chi connectivity index (χ1v) is 3.56. The van der Waals surface area contributed by atoms with Crippen molar-refractivity contribution in [3.63, 3.8) is 0 Å². The zero-order valence-electron chi connectivity index (χ0n) is 6.58. The Kier molecular flexibility index (Phi) is 4.33. The van der Waals surface area contributed by atoms with Crippen LogP contribution < -0.4 is 0 Å². The summed E-state index contributed by atoms with van der Waals surface area (Å²) in [5.74, 6) is 0. The van der Waals surface area contributed by atoms with E-state index in [9.17, 15) is 0 Å². The van der Waals surface area contributed by atoms with E-state index in [-0.39, 0.29) is 5.48 Å². The molecule has 4 heteroatoms. The third kappa shape index (κ3) is 2.53. The molecule has 3 nitrogen and oxygen atoms in total. The van der Waals surface area contributed by atoms with E-state index in [0.717, 1.165) is 5.56 Å². The van der Waals surface area contributed by atoms with Crippen LogP contribution in [0.4, 0.5) is 0 Å². The van der Waals surface area contributed by atoms with Gasteiger partial charge in [0.1, 0.15) is 0 Å². The van der Waals surface area contributed by atoms with Gasteiger partial charge in [-0.1, -0.05) is 28.9 Å². The molecule has 1 rings (SSSR count). The Balaban J connectivity index is 0.00000121. The molecule has 1 aromatic carbocycles. The van der Waals surface area contributed by atoms with E-state index < -0.39 is 0 Å². The molecule has 3 N–H and O–H groups in total. The molecular formula is C8H10ClNO2. The van der Waals surface area contributed by atoms with Crippen LogP contribution in [0.3, 0.4) is 0 Å². The number of rotatable bonds is 1. The number of nitrogens with zero attached hydrogens (tertiary/aromatic N) is 1. The Morgan fingerprint density at radius 3 is 2.67 bits per heavy atom. The van der Waals surface area contributed by atoms with Crippen LogP contribution in [0, 0.1) is 0 Å². The monoisotopic (exact) mass is 187 g/mol. The lowest BCUT2D eigenvalue weighted by atomic mass is 10.1. The standard InChI is InChI=1S/C8H8ClNO.H2O/c1-6(10-11)7-3-2-4-8(9)5-7;/h2-5,11H,1H3;1H2/b10-6-;. The lowest BCUT2D eigenvalue weighted by Gasteiger charge is -1.97. The highest BCUT2D eigenvalue weighted by Gasteiger charge is 1.96. The molecule has 66 valence electrons. The minimum atomic E-state index is 0. The summed E-state index contributed by atoms with van der Waals surface area (Å²) >= 11 is 5.71. The average molecular weight is 188 g/mol. The van der Waals surface area contributed by atoms with Gasteiger partial charge in [0.05, 0.1) is 5.71 Å². The second-order valence-corrected chi connectivity index (χ2v) is 2.63. The molecule has 0 saturated carbocycles. The summed E-state index contributed by atoms with van der Waals surface area (Å²) in [5, 5.41) is 12.1. The summed E-state index contributed by atoms with van der Waals surface area (Å²) in [5.41, 5.74) is 1.40. The zero-order chi connectivity index (χ0) is 8.27. The lowest BCUT2D eigenvalue weighted by molar-refractivity contribution is 0.319. The van der Waals surface area contributed by atoms with E-state index in [1.165, 1.54) is 0 Å². The first-order chi connectivity index (χ1) is 5.24. The molecule has 0 aliphatic rings. The van der Waals surface area contributed by atoms with Gasteiger partial charge in [0, 0.05) is 10.6 Å². The SMILES string of the molecule is C/C(=N/O)c1cccc(Cl)c1.O. The highest BCUT2D eigenvalue weighted by molar-refractivity contribution is 6.31. The second-order valence-electron chi connectivity index (χ2n) is 2.20. The van der Waals surface area contributed by atoms with Crippen LogP contribution in [0.25, 0.3) is 0 Å². The van der Waals surface area contributed by atoms with Crippen molar-refractivity contribution in [2.24, 2.45) is 5.16 Å². The maximum absolute atomic E-state index is 8.42. The Morgan fingerprint density at radius 1 is 1.50 bits per heavy atom. The highest BCUT2D eigenvalue weighted by atomic mass is 35.5. The van der Waals surface area contributed by atoms with Crippen molar-refractivity contribution >= 4 is 17.3 Å². The molecule has 0 aromatic heterocycles. The quantitative estimate of drug-likeness (QED) is 0.406. The predicted octanol–water partition coefficient (Wildman–Crippen LogP) is 1.71. The summed E-state index contributed by atoms with van der Waals surface area (Å²) in [6.45, 7) is 1.71. The maximum Gasteiger partial charge on any atom is 0.0837 e. The van der Waals surface area contributed by atoms with E-state index in [1.54, 1.807) is 19.1 Å². The fourth-order valence-corrected chi connectivity index (χ4v) is 0.962. The third-order valence-electron chi connectivity index (χ3n) is 1.39. The van der Waals surface area contributed by atoms with E-state index in [4.69, 9.17) is 16.8 Å². The molecule has 0 fully saturated rings. The largest absolute Gasteiger partial charge is 0.412 e. The van der Waals surface area contributed by atoms with Gasteiger partial charge in [0.25, 0.3) is 0 Å². The molecule has 0 saturated heterocycles. The van der Waals surface area contributed by atoms with Crippen molar-refractivity contribution in [3.8, 4) is 0 Å². The van der Waals surface area contributed by atoms with Crippen molar-refractivity contribution in [2.75, 3.05) is 0 Å². The maximum atomic E-state index is 8.42. The molecule has 0 aliphatic heterocycles. The van der Waals surface area contributed by atoms with Gasteiger partial charge in [-0.2, -0.15) is 0 Å². The van der Waals surface area contributed by atoms with Gasteiger partial charge in [-0.05, 0) is 19.1 Å². The minimum Gasteiger partial charge on any atom is -0.412 e. The Bertz CT molecular complexity index is 286. The number of hydrogen-bond donors (Lipinski definition) is 1. The molecule has 0 unspecified atom stereocenters. The van der Waals surface area contributed by atoms with Crippen molar-refractivity contribution in [1.82, 2.24) is 0 Å². The number of benzene rings is 1. The van der Waals surface area contributed by atoms with Crippen LogP contribution >= 0.6 is 11.6 Å². The van der Waals surface area contributed by atoms with Gasteiger partial charge in [-0.25, -0.2) is 0 Å². The van der Waals surface area contributed by atoms with E-state index in [1.807, 2.05) is 12.1 Å². The van der Waals surface area contributed by atoms with Gasteiger partial charge in [-0.15, -0.1) is 0 Å². The molecule has 0 amide bonds. The zero-order valence-corrected chi connectivity index (χ0v) is 7.34. The summed E-state index contributed by atoms with van der Waals surface area (Å²) < 4.78 is 0.